The lowest BCUT2D eigenvalue weighted by Crippen LogP contribution is -2.34. The van der Waals surface area contributed by atoms with Crippen LogP contribution in [0.5, 0.6) is 11.5 Å². The number of halogens is 3. The first-order valence-corrected chi connectivity index (χ1v) is 6.98. The van der Waals surface area contributed by atoms with Crippen molar-refractivity contribution in [2.75, 3.05) is 0 Å². The quantitative estimate of drug-likeness (QED) is 0.861. The van der Waals surface area contributed by atoms with Crippen molar-refractivity contribution in [1.82, 2.24) is 5.32 Å². The van der Waals surface area contributed by atoms with E-state index in [0.29, 0.717) is 18.4 Å². The minimum Gasteiger partial charge on any atom is -0.395 e. The van der Waals surface area contributed by atoms with Gasteiger partial charge < -0.3 is 14.8 Å². The lowest BCUT2D eigenvalue weighted by molar-refractivity contribution is -0.286. The molecule has 0 aromatic heterocycles. The zero-order valence-electron chi connectivity index (χ0n) is 12.3. The summed E-state index contributed by atoms with van der Waals surface area (Å²) in [5.74, 6) is -1.17. The Kier molecular flexibility index (Phi) is 3.39. The fourth-order valence-electron chi connectivity index (χ4n) is 2.54. The van der Waals surface area contributed by atoms with Gasteiger partial charge in [0, 0.05) is 0 Å². The van der Waals surface area contributed by atoms with Crippen LogP contribution in [0, 0.1) is 0 Å². The van der Waals surface area contributed by atoms with E-state index in [-0.39, 0.29) is 17.2 Å². The molecule has 0 unspecified atom stereocenters. The number of rotatable bonds is 4. The van der Waals surface area contributed by atoms with Gasteiger partial charge in [-0.2, -0.15) is 0 Å². The largest absolute Gasteiger partial charge is 0.586 e. The van der Waals surface area contributed by atoms with Gasteiger partial charge in [-0.1, -0.05) is 12.6 Å². The maximum atomic E-state index is 13.3. The predicted octanol–water partition coefficient (Wildman–Crippen LogP) is 3.54. The molecule has 0 saturated heterocycles. The first-order chi connectivity index (χ1) is 10.8. The maximum absolute atomic E-state index is 13.3. The number of nitrogens with one attached hydrogen (secondary N) is 1. The fraction of sp³-hybridized carbons (Fsp3) is 0.312. The van der Waals surface area contributed by atoms with E-state index >= 15 is 0 Å². The second-order valence-electron chi connectivity index (χ2n) is 5.52. The number of hydrogen-bond donors (Lipinski definition) is 1. The van der Waals surface area contributed by atoms with Crippen molar-refractivity contribution in [3.8, 4) is 11.5 Å². The average molecular weight is 325 g/mol. The van der Waals surface area contributed by atoms with Crippen LogP contribution in [0.4, 0.5) is 13.2 Å². The first-order valence-electron chi connectivity index (χ1n) is 6.98. The molecule has 0 spiro atoms. The van der Waals surface area contributed by atoms with Crippen LogP contribution in [0.25, 0.3) is 0 Å². The average Bonchev–Trinajstić information content (AvgIpc) is 3.21. The third-order valence-electron chi connectivity index (χ3n) is 3.96. The van der Waals surface area contributed by atoms with Gasteiger partial charge in [0.1, 0.15) is 5.83 Å². The summed E-state index contributed by atoms with van der Waals surface area (Å²) in [5.41, 5.74) is -0.358. The Hall–Kier alpha value is -2.44. The predicted molar refractivity (Wildman–Crippen MR) is 75.7 cm³/mol. The zero-order valence-corrected chi connectivity index (χ0v) is 12.3. The fourth-order valence-corrected chi connectivity index (χ4v) is 2.54. The smallest absolute Gasteiger partial charge is 0.395 e. The molecule has 1 fully saturated rings. The van der Waals surface area contributed by atoms with E-state index in [4.69, 9.17) is 0 Å². The van der Waals surface area contributed by atoms with Crippen molar-refractivity contribution < 1.29 is 27.4 Å². The first kappa shape index (κ1) is 15.5. The van der Waals surface area contributed by atoms with Crippen LogP contribution in [0.3, 0.4) is 0 Å². The normalized spacial score (nSPS) is 20.5. The van der Waals surface area contributed by atoms with Gasteiger partial charge in [0.15, 0.2) is 11.5 Å². The van der Waals surface area contributed by atoms with Crippen molar-refractivity contribution in [2.45, 2.75) is 31.5 Å². The SMILES string of the molecule is C=C/C(NC(=O)C1(c2ccc3c(c2)OC(F)(F)O3)CC1)=C(\C)F. The highest BCUT2D eigenvalue weighted by Gasteiger charge is 2.52. The van der Waals surface area contributed by atoms with Crippen LogP contribution in [-0.2, 0) is 10.2 Å². The summed E-state index contributed by atoms with van der Waals surface area (Å²) in [6.07, 6.45) is -1.43. The number of carbonyl (C=O) groups excluding carboxylic acids is 1. The molecule has 4 nitrogen and oxygen atoms in total. The van der Waals surface area contributed by atoms with E-state index in [1.54, 1.807) is 0 Å². The number of alkyl halides is 2. The summed E-state index contributed by atoms with van der Waals surface area (Å²) in [7, 11) is 0. The van der Waals surface area contributed by atoms with Gasteiger partial charge in [0.2, 0.25) is 5.91 Å². The highest BCUT2D eigenvalue weighted by Crippen LogP contribution is 2.52. The molecule has 1 aromatic rings. The van der Waals surface area contributed by atoms with Crippen molar-refractivity contribution in [3.05, 3.63) is 47.9 Å². The Bertz CT molecular complexity index is 719. The molecule has 1 heterocycles. The van der Waals surface area contributed by atoms with Crippen molar-refractivity contribution in [1.29, 1.82) is 0 Å². The molecule has 23 heavy (non-hydrogen) atoms. The second-order valence-corrected chi connectivity index (χ2v) is 5.52. The monoisotopic (exact) mass is 325 g/mol. The van der Waals surface area contributed by atoms with E-state index in [2.05, 4.69) is 21.4 Å². The summed E-state index contributed by atoms with van der Waals surface area (Å²) in [6.45, 7) is 4.65. The van der Waals surface area contributed by atoms with Crippen LogP contribution in [0.2, 0.25) is 0 Å². The Morgan fingerprint density at radius 3 is 2.52 bits per heavy atom. The van der Waals surface area contributed by atoms with Crippen LogP contribution in [0.15, 0.2) is 42.4 Å². The number of carbonyl (C=O) groups is 1. The van der Waals surface area contributed by atoms with E-state index in [9.17, 15) is 18.0 Å². The molecule has 1 saturated carbocycles. The van der Waals surface area contributed by atoms with E-state index < -0.39 is 23.4 Å². The third kappa shape index (κ3) is 2.67. The number of hydrogen-bond acceptors (Lipinski definition) is 3. The molecule has 0 atom stereocenters. The Balaban J connectivity index is 1.86. The molecule has 1 amide bonds. The summed E-state index contributed by atoms with van der Waals surface area (Å²) in [4.78, 5) is 12.4. The Morgan fingerprint density at radius 2 is 1.96 bits per heavy atom. The minimum atomic E-state index is -3.70. The highest BCUT2D eigenvalue weighted by molar-refractivity contribution is 5.93. The standard InChI is InChI=1S/C16H14F3NO3/c1-3-11(9(2)17)20-14(21)15(6-7-15)10-4-5-12-13(8-10)23-16(18,19)22-12/h3-5,8H,1,6-7H2,2H3,(H,20,21)/b11-9-. The van der Waals surface area contributed by atoms with Crippen molar-refractivity contribution >= 4 is 5.91 Å². The summed E-state index contributed by atoms with van der Waals surface area (Å²) < 4.78 is 48.1. The number of benzene rings is 1. The van der Waals surface area contributed by atoms with E-state index in [1.165, 1.54) is 31.2 Å². The van der Waals surface area contributed by atoms with Crippen molar-refractivity contribution in [2.24, 2.45) is 0 Å². The number of ether oxygens (including phenoxy) is 2. The molecule has 0 bridgehead atoms. The molecule has 2 aliphatic rings. The van der Waals surface area contributed by atoms with Gasteiger partial charge in [-0.3, -0.25) is 4.79 Å². The molecule has 1 aliphatic carbocycles. The highest BCUT2D eigenvalue weighted by atomic mass is 19.3. The van der Waals surface area contributed by atoms with Gasteiger partial charge in [-0.15, -0.1) is 8.78 Å². The van der Waals surface area contributed by atoms with Gasteiger partial charge in [-0.05, 0) is 43.5 Å². The molecule has 1 aromatic carbocycles. The molecule has 0 radical (unpaired) electrons. The maximum Gasteiger partial charge on any atom is 0.586 e. The van der Waals surface area contributed by atoms with Gasteiger partial charge in [0.05, 0.1) is 11.1 Å². The van der Waals surface area contributed by atoms with Gasteiger partial charge in [-0.25, -0.2) is 4.39 Å². The summed E-state index contributed by atoms with van der Waals surface area (Å²) in [5, 5.41) is 2.48. The molecule has 1 aliphatic heterocycles. The van der Waals surface area contributed by atoms with Gasteiger partial charge >= 0.3 is 6.29 Å². The van der Waals surface area contributed by atoms with Crippen LogP contribution >= 0.6 is 0 Å². The second kappa shape index (κ2) is 5.04. The molecule has 3 rings (SSSR count). The lowest BCUT2D eigenvalue weighted by atomic mass is 9.94. The molecule has 1 N–H and O–H groups in total. The lowest BCUT2D eigenvalue weighted by Gasteiger charge is -2.16. The molecule has 122 valence electrons. The van der Waals surface area contributed by atoms with Gasteiger partial charge in [0.25, 0.3) is 0 Å². The number of fused-ring (bicyclic) bond motifs is 1. The Labute approximate surface area is 130 Å². The minimum absolute atomic E-state index is 0.00597. The van der Waals surface area contributed by atoms with E-state index in [1.807, 2.05) is 0 Å². The summed E-state index contributed by atoms with van der Waals surface area (Å²) >= 11 is 0. The number of amides is 1. The summed E-state index contributed by atoms with van der Waals surface area (Å²) in [6, 6.07) is 4.24. The Morgan fingerprint density at radius 1 is 1.30 bits per heavy atom. The van der Waals surface area contributed by atoms with Crippen molar-refractivity contribution in [3.63, 3.8) is 0 Å². The molecule has 7 heteroatoms. The topological polar surface area (TPSA) is 47.6 Å². The number of allylic oxidation sites excluding steroid dienone is 2. The zero-order chi connectivity index (χ0) is 16.8. The van der Waals surface area contributed by atoms with Crippen LogP contribution in [0.1, 0.15) is 25.3 Å². The molecular weight excluding hydrogens is 311 g/mol. The van der Waals surface area contributed by atoms with Crippen LogP contribution < -0.4 is 14.8 Å². The third-order valence-corrected chi connectivity index (χ3v) is 3.96. The van der Waals surface area contributed by atoms with Crippen LogP contribution in [-0.4, -0.2) is 12.2 Å². The van der Waals surface area contributed by atoms with E-state index in [0.717, 1.165) is 0 Å². The molecular formula is C16H14F3NO3.